The molecule has 0 bridgehead atoms. The molecule has 7 heavy (non-hydrogen) atoms. The van der Waals surface area contributed by atoms with Gasteiger partial charge in [0.05, 0.1) is 6.61 Å². The number of hydrogen-bond donors (Lipinski definition) is 0. The number of ether oxygens (including phenoxy) is 2. The van der Waals surface area contributed by atoms with Crippen LogP contribution in [0.2, 0.25) is 0 Å². The average Bonchev–Trinajstić information content (AvgIpc) is 1.69. The Hall–Kier alpha value is -0.0800. The molecule has 0 aromatic heterocycles. The molecule has 0 aromatic rings. The molecule has 0 saturated carbocycles. The van der Waals surface area contributed by atoms with Gasteiger partial charge >= 0.3 is 0 Å². The van der Waals surface area contributed by atoms with E-state index in [4.69, 9.17) is 4.74 Å². The van der Waals surface area contributed by atoms with Gasteiger partial charge in [-0.05, 0) is 6.92 Å². The first-order valence-electron chi connectivity index (χ1n) is 2.13. The molecule has 2 radical (unpaired) electrons. The molecule has 2 heteroatoms. The van der Waals surface area contributed by atoms with Crippen molar-refractivity contribution in [3.63, 3.8) is 0 Å². The smallest absolute Gasteiger partial charge is 0.109 e. The second-order valence-corrected chi connectivity index (χ2v) is 0.977. The quantitative estimate of drug-likeness (QED) is 0.485. The number of rotatable bonds is 4. The Morgan fingerprint density at radius 2 is 2.43 bits per heavy atom. The highest BCUT2D eigenvalue weighted by Crippen LogP contribution is 1.77. The normalized spacial score (nSPS) is 9.43. The summed E-state index contributed by atoms with van der Waals surface area (Å²) >= 11 is 0. The maximum absolute atomic E-state index is 4.78. The molecule has 0 rings (SSSR count). The van der Waals surface area contributed by atoms with Crippen LogP contribution < -0.4 is 0 Å². The van der Waals surface area contributed by atoms with Gasteiger partial charge in [-0.15, -0.1) is 0 Å². The maximum atomic E-state index is 4.78. The van der Waals surface area contributed by atoms with E-state index in [0.717, 1.165) is 0 Å². The van der Waals surface area contributed by atoms with E-state index in [0.29, 0.717) is 13.2 Å². The van der Waals surface area contributed by atoms with Gasteiger partial charge in [-0.3, -0.25) is 0 Å². The molecule has 0 aliphatic heterocycles. The van der Waals surface area contributed by atoms with E-state index in [9.17, 15) is 0 Å². The SMILES string of the molecule is [CH2]COC[CH]OC. The first-order valence-corrected chi connectivity index (χ1v) is 2.13. The van der Waals surface area contributed by atoms with Crippen LogP contribution in [0.15, 0.2) is 0 Å². The highest BCUT2D eigenvalue weighted by molar-refractivity contribution is 4.43. The highest BCUT2D eigenvalue weighted by atomic mass is 16.5. The second kappa shape index (κ2) is 5.92. The largest absolute Gasteiger partial charge is 0.379 e. The third-order valence-electron chi connectivity index (χ3n) is 0.497. The fourth-order valence-electron chi connectivity index (χ4n) is 0.199. The monoisotopic (exact) mass is 102 g/mol. The van der Waals surface area contributed by atoms with Gasteiger partial charge in [0.25, 0.3) is 0 Å². The Morgan fingerprint density at radius 3 is 2.86 bits per heavy atom. The molecule has 0 aliphatic carbocycles. The topological polar surface area (TPSA) is 18.5 Å². The summed E-state index contributed by atoms with van der Waals surface area (Å²) in [7, 11) is 1.59. The molecule has 0 aromatic carbocycles. The molecular formula is C5H10O2. The summed E-state index contributed by atoms with van der Waals surface area (Å²) in [5, 5.41) is 0. The van der Waals surface area contributed by atoms with E-state index >= 15 is 0 Å². The zero-order valence-corrected chi connectivity index (χ0v) is 4.52. The lowest BCUT2D eigenvalue weighted by molar-refractivity contribution is 0.127. The van der Waals surface area contributed by atoms with Gasteiger partial charge < -0.3 is 9.47 Å². The molecule has 42 valence electrons. The summed E-state index contributed by atoms with van der Waals surface area (Å²) in [5.74, 6) is 0. The highest BCUT2D eigenvalue weighted by Gasteiger charge is 1.79. The van der Waals surface area contributed by atoms with Gasteiger partial charge in [0.1, 0.15) is 6.61 Å². The molecule has 0 saturated heterocycles. The van der Waals surface area contributed by atoms with E-state index in [1.807, 2.05) is 0 Å². The minimum atomic E-state index is 0.500. The van der Waals surface area contributed by atoms with Crippen LogP contribution in [0.1, 0.15) is 0 Å². The van der Waals surface area contributed by atoms with E-state index in [1.54, 1.807) is 13.7 Å². The third kappa shape index (κ3) is 5.92. The summed E-state index contributed by atoms with van der Waals surface area (Å²) in [6.45, 7) is 6.06. The Kier molecular flexibility index (Phi) is 5.85. The minimum absolute atomic E-state index is 0.500. The first-order chi connectivity index (χ1) is 3.41. The summed E-state index contributed by atoms with van der Waals surface area (Å²) in [5.41, 5.74) is 0. The van der Waals surface area contributed by atoms with Gasteiger partial charge in [0.2, 0.25) is 0 Å². The van der Waals surface area contributed by atoms with Crippen molar-refractivity contribution in [3.05, 3.63) is 13.5 Å². The van der Waals surface area contributed by atoms with Gasteiger partial charge in [-0.25, -0.2) is 0 Å². The van der Waals surface area contributed by atoms with Crippen LogP contribution in [0.25, 0.3) is 0 Å². The van der Waals surface area contributed by atoms with E-state index in [1.165, 1.54) is 0 Å². The van der Waals surface area contributed by atoms with Crippen molar-refractivity contribution >= 4 is 0 Å². The zero-order chi connectivity index (χ0) is 5.54. The van der Waals surface area contributed by atoms with Crippen molar-refractivity contribution in [3.8, 4) is 0 Å². The Morgan fingerprint density at radius 1 is 1.71 bits per heavy atom. The van der Waals surface area contributed by atoms with Crippen LogP contribution in [0.5, 0.6) is 0 Å². The van der Waals surface area contributed by atoms with Crippen LogP contribution in [-0.4, -0.2) is 20.3 Å². The van der Waals surface area contributed by atoms with E-state index in [-0.39, 0.29) is 0 Å². The summed E-state index contributed by atoms with van der Waals surface area (Å²) < 4.78 is 9.35. The van der Waals surface area contributed by atoms with Crippen molar-refractivity contribution < 1.29 is 9.47 Å². The van der Waals surface area contributed by atoms with Crippen LogP contribution in [0.4, 0.5) is 0 Å². The Bertz CT molecular complexity index is 25.3. The van der Waals surface area contributed by atoms with Gasteiger partial charge in [0.15, 0.2) is 0 Å². The lowest BCUT2D eigenvalue weighted by atomic mass is 10.7. The van der Waals surface area contributed by atoms with Gasteiger partial charge in [-0.2, -0.15) is 0 Å². The average molecular weight is 102 g/mol. The van der Waals surface area contributed by atoms with Crippen LogP contribution in [0, 0.1) is 13.5 Å². The van der Waals surface area contributed by atoms with Crippen molar-refractivity contribution in [1.29, 1.82) is 0 Å². The van der Waals surface area contributed by atoms with Crippen LogP contribution in [-0.2, 0) is 9.47 Å². The molecule has 0 unspecified atom stereocenters. The molecule has 2 nitrogen and oxygen atoms in total. The van der Waals surface area contributed by atoms with Crippen LogP contribution in [0.3, 0.4) is 0 Å². The van der Waals surface area contributed by atoms with Gasteiger partial charge in [-0.1, -0.05) is 0 Å². The van der Waals surface area contributed by atoms with Crippen LogP contribution >= 0.6 is 0 Å². The fourth-order valence-corrected chi connectivity index (χ4v) is 0.199. The zero-order valence-electron chi connectivity index (χ0n) is 4.52. The molecule has 0 amide bonds. The molecule has 0 aliphatic rings. The molecule has 0 heterocycles. The van der Waals surface area contributed by atoms with Crippen molar-refractivity contribution in [2.24, 2.45) is 0 Å². The predicted octanol–water partition coefficient (Wildman–Crippen LogP) is 0.645. The molecule has 0 N–H and O–H groups in total. The fraction of sp³-hybridized carbons (Fsp3) is 0.600. The van der Waals surface area contributed by atoms with Crippen molar-refractivity contribution in [2.75, 3.05) is 20.3 Å². The number of methoxy groups -OCH3 is 1. The van der Waals surface area contributed by atoms with E-state index < -0.39 is 0 Å². The lowest BCUT2D eigenvalue weighted by Crippen LogP contribution is -1.94. The van der Waals surface area contributed by atoms with Crippen molar-refractivity contribution in [2.45, 2.75) is 0 Å². The minimum Gasteiger partial charge on any atom is -0.379 e. The Balaban J connectivity index is 2.45. The predicted molar refractivity (Wildman–Crippen MR) is 27.5 cm³/mol. The molecule has 0 fully saturated rings. The summed E-state index contributed by atoms with van der Waals surface area (Å²) in [4.78, 5) is 0. The number of hydrogen-bond acceptors (Lipinski definition) is 2. The summed E-state index contributed by atoms with van der Waals surface area (Å²) in [6.07, 6.45) is 0. The molecule has 0 spiro atoms. The van der Waals surface area contributed by atoms with Gasteiger partial charge in [0, 0.05) is 13.7 Å². The summed E-state index contributed by atoms with van der Waals surface area (Å²) in [6, 6.07) is 0. The molecular weight excluding hydrogens is 92.1 g/mol. The third-order valence-corrected chi connectivity index (χ3v) is 0.497. The van der Waals surface area contributed by atoms with E-state index in [2.05, 4.69) is 11.7 Å². The standard InChI is InChI=1S/C5H10O2/c1-3-7-5-4-6-2/h4H,1,3,5H2,2H3. The molecule has 0 atom stereocenters. The second-order valence-electron chi connectivity index (χ2n) is 0.977. The lowest BCUT2D eigenvalue weighted by Gasteiger charge is -1.95. The van der Waals surface area contributed by atoms with Crippen molar-refractivity contribution in [1.82, 2.24) is 0 Å². The first kappa shape index (κ1) is 6.92. The maximum Gasteiger partial charge on any atom is 0.109 e. The Labute approximate surface area is 44.4 Å².